The SMILES string of the molecule is CC(C(=O)Nc1cccc(O)c1)n1nc(C(F)F)cc1C(F)F. The summed E-state index contributed by atoms with van der Waals surface area (Å²) in [6, 6.07) is 4.93. The zero-order chi connectivity index (χ0) is 17.1. The molecule has 0 spiro atoms. The summed E-state index contributed by atoms with van der Waals surface area (Å²) in [5.41, 5.74) is -1.35. The van der Waals surface area contributed by atoms with Gasteiger partial charge in [-0.3, -0.25) is 9.48 Å². The van der Waals surface area contributed by atoms with Crippen LogP contribution in [-0.4, -0.2) is 20.8 Å². The van der Waals surface area contributed by atoms with E-state index < -0.39 is 36.2 Å². The zero-order valence-corrected chi connectivity index (χ0v) is 11.9. The molecule has 1 aromatic carbocycles. The molecule has 1 atom stereocenters. The third-order valence-corrected chi connectivity index (χ3v) is 3.09. The normalized spacial score (nSPS) is 12.7. The second kappa shape index (κ2) is 6.67. The number of aromatic nitrogens is 2. The number of amides is 1. The number of nitrogens with zero attached hydrogens (tertiary/aromatic N) is 2. The van der Waals surface area contributed by atoms with Crippen molar-refractivity contribution in [3.05, 3.63) is 41.7 Å². The highest BCUT2D eigenvalue weighted by molar-refractivity contribution is 5.93. The summed E-state index contributed by atoms with van der Waals surface area (Å²) >= 11 is 0. The standard InChI is InChI=1S/C14H13F4N3O2/c1-7(14(23)19-8-3-2-4-9(22)5-8)21-11(13(17)18)6-10(20-21)12(15)16/h2-7,12-13,22H,1H3,(H,19,23). The molecule has 1 amide bonds. The van der Waals surface area contributed by atoms with Gasteiger partial charge in [0.15, 0.2) is 0 Å². The Labute approximate surface area is 128 Å². The topological polar surface area (TPSA) is 67.2 Å². The number of benzene rings is 1. The van der Waals surface area contributed by atoms with Crippen molar-refractivity contribution in [1.82, 2.24) is 9.78 Å². The lowest BCUT2D eigenvalue weighted by molar-refractivity contribution is -0.119. The Morgan fingerprint density at radius 1 is 1.22 bits per heavy atom. The lowest BCUT2D eigenvalue weighted by Crippen LogP contribution is -2.26. The van der Waals surface area contributed by atoms with Crippen LogP contribution in [0.25, 0.3) is 0 Å². The molecule has 0 saturated carbocycles. The van der Waals surface area contributed by atoms with Crippen molar-refractivity contribution in [3.8, 4) is 5.75 Å². The van der Waals surface area contributed by atoms with Gasteiger partial charge < -0.3 is 10.4 Å². The first-order valence-electron chi connectivity index (χ1n) is 6.55. The van der Waals surface area contributed by atoms with E-state index in [1.165, 1.54) is 31.2 Å². The van der Waals surface area contributed by atoms with E-state index in [4.69, 9.17) is 0 Å². The van der Waals surface area contributed by atoms with Gasteiger partial charge in [-0.05, 0) is 25.1 Å². The van der Waals surface area contributed by atoms with Crippen molar-refractivity contribution in [3.63, 3.8) is 0 Å². The number of halogens is 4. The van der Waals surface area contributed by atoms with E-state index in [-0.39, 0.29) is 11.4 Å². The van der Waals surface area contributed by atoms with Gasteiger partial charge in [-0.25, -0.2) is 17.6 Å². The second-order valence-corrected chi connectivity index (χ2v) is 4.76. The maximum atomic E-state index is 12.9. The largest absolute Gasteiger partial charge is 0.508 e. The van der Waals surface area contributed by atoms with Gasteiger partial charge in [-0.2, -0.15) is 5.10 Å². The van der Waals surface area contributed by atoms with E-state index in [0.29, 0.717) is 10.7 Å². The second-order valence-electron chi connectivity index (χ2n) is 4.76. The summed E-state index contributed by atoms with van der Waals surface area (Å²) in [5.74, 6) is -0.829. The molecule has 23 heavy (non-hydrogen) atoms. The Morgan fingerprint density at radius 3 is 2.48 bits per heavy atom. The predicted molar refractivity (Wildman–Crippen MR) is 73.6 cm³/mol. The molecule has 0 aliphatic heterocycles. The Bertz CT molecular complexity index is 703. The number of anilines is 1. The molecule has 5 nitrogen and oxygen atoms in total. The van der Waals surface area contributed by atoms with Gasteiger partial charge >= 0.3 is 0 Å². The summed E-state index contributed by atoms with van der Waals surface area (Å²) in [5, 5.41) is 15.1. The molecule has 9 heteroatoms. The van der Waals surface area contributed by atoms with Crippen LogP contribution in [0.3, 0.4) is 0 Å². The minimum atomic E-state index is -3.05. The summed E-state index contributed by atoms with van der Waals surface area (Å²) in [4.78, 5) is 12.1. The summed E-state index contributed by atoms with van der Waals surface area (Å²) in [6.07, 6.45) is -6.07. The number of carbonyl (C=O) groups excluding carboxylic acids is 1. The van der Waals surface area contributed by atoms with Crippen LogP contribution in [0.2, 0.25) is 0 Å². The van der Waals surface area contributed by atoms with E-state index in [1.807, 2.05) is 0 Å². The van der Waals surface area contributed by atoms with Gasteiger partial charge in [-0.15, -0.1) is 0 Å². The van der Waals surface area contributed by atoms with Gasteiger partial charge in [0.25, 0.3) is 12.9 Å². The molecule has 1 heterocycles. The van der Waals surface area contributed by atoms with Crippen molar-refractivity contribution in [1.29, 1.82) is 0 Å². The van der Waals surface area contributed by atoms with Gasteiger partial charge in [0.2, 0.25) is 5.91 Å². The number of nitrogens with one attached hydrogen (secondary N) is 1. The maximum Gasteiger partial charge on any atom is 0.282 e. The molecule has 1 aromatic heterocycles. The maximum absolute atomic E-state index is 12.9. The van der Waals surface area contributed by atoms with Crippen LogP contribution in [0.4, 0.5) is 23.2 Å². The van der Waals surface area contributed by atoms with Gasteiger partial charge in [0.1, 0.15) is 23.2 Å². The van der Waals surface area contributed by atoms with Crippen LogP contribution >= 0.6 is 0 Å². The van der Waals surface area contributed by atoms with Crippen molar-refractivity contribution >= 4 is 11.6 Å². The first kappa shape index (κ1) is 16.8. The summed E-state index contributed by atoms with van der Waals surface area (Å²) in [7, 11) is 0. The third kappa shape index (κ3) is 3.79. The molecule has 0 aliphatic rings. The molecule has 2 aromatic rings. The molecular weight excluding hydrogens is 318 g/mol. The minimum Gasteiger partial charge on any atom is -0.508 e. The molecule has 2 rings (SSSR count). The molecular formula is C14H13F4N3O2. The van der Waals surface area contributed by atoms with Gasteiger partial charge in [0, 0.05) is 11.8 Å². The fraction of sp³-hybridized carbons (Fsp3) is 0.286. The first-order chi connectivity index (χ1) is 10.8. The van der Waals surface area contributed by atoms with E-state index >= 15 is 0 Å². The molecule has 0 bridgehead atoms. The van der Waals surface area contributed by atoms with Crippen molar-refractivity contribution < 1.29 is 27.5 Å². The Kier molecular flexibility index (Phi) is 4.87. The molecule has 2 N–H and O–H groups in total. The molecule has 0 aliphatic carbocycles. The van der Waals surface area contributed by atoms with Crippen LogP contribution in [0, 0.1) is 0 Å². The molecule has 0 saturated heterocycles. The molecule has 124 valence electrons. The van der Waals surface area contributed by atoms with Crippen molar-refractivity contribution in [2.45, 2.75) is 25.8 Å². The summed E-state index contributed by atoms with van der Waals surface area (Å²) in [6.45, 7) is 1.26. The number of hydrogen-bond acceptors (Lipinski definition) is 3. The summed E-state index contributed by atoms with van der Waals surface area (Å²) < 4.78 is 51.7. The van der Waals surface area contributed by atoms with E-state index in [0.717, 1.165) is 0 Å². The zero-order valence-electron chi connectivity index (χ0n) is 11.9. The Balaban J connectivity index is 2.25. The van der Waals surface area contributed by atoms with Crippen molar-refractivity contribution in [2.24, 2.45) is 0 Å². The van der Waals surface area contributed by atoms with E-state index in [9.17, 15) is 27.5 Å². The fourth-order valence-corrected chi connectivity index (χ4v) is 1.95. The van der Waals surface area contributed by atoms with Crippen LogP contribution in [-0.2, 0) is 4.79 Å². The first-order valence-corrected chi connectivity index (χ1v) is 6.55. The number of carbonyl (C=O) groups is 1. The van der Waals surface area contributed by atoms with E-state index in [2.05, 4.69) is 10.4 Å². The third-order valence-electron chi connectivity index (χ3n) is 3.09. The number of hydrogen-bond donors (Lipinski definition) is 2. The lowest BCUT2D eigenvalue weighted by Gasteiger charge is -2.15. The van der Waals surface area contributed by atoms with Crippen LogP contribution < -0.4 is 5.32 Å². The van der Waals surface area contributed by atoms with Crippen LogP contribution in [0.1, 0.15) is 37.2 Å². The molecule has 1 unspecified atom stereocenters. The number of rotatable bonds is 5. The highest BCUT2D eigenvalue weighted by atomic mass is 19.3. The Hall–Kier alpha value is -2.58. The van der Waals surface area contributed by atoms with Gasteiger partial charge in [-0.1, -0.05) is 6.07 Å². The molecule has 0 radical (unpaired) electrons. The average Bonchev–Trinajstić information content (AvgIpc) is 2.92. The smallest absolute Gasteiger partial charge is 0.282 e. The number of aromatic hydroxyl groups is 1. The minimum absolute atomic E-state index is 0.0946. The highest BCUT2D eigenvalue weighted by Crippen LogP contribution is 2.28. The van der Waals surface area contributed by atoms with Gasteiger partial charge in [0.05, 0.1) is 0 Å². The van der Waals surface area contributed by atoms with Crippen molar-refractivity contribution in [2.75, 3.05) is 5.32 Å². The van der Waals surface area contributed by atoms with E-state index in [1.54, 1.807) is 0 Å². The van der Waals surface area contributed by atoms with Crippen LogP contribution in [0.5, 0.6) is 5.75 Å². The lowest BCUT2D eigenvalue weighted by atomic mass is 10.2. The van der Waals surface area contributed by atoms with Crippen LogP contribution in [0.15, 0.2) is 30.3 Å². The average molecular weight is 331 g/mol. The Morgan fingerprint density at radius 2 is 1.91 bits per heavy atom. The number of phenols is 1. The highest BCUT2D eigenvalue weighted by Gasteiger charge is 2.26. The quantitative estimate of drug-likeness (QED) is 0.822. The fourth-order valence-electron chi connectivity index (χ4n) is 1.95. The predicted octanol–water partition coefficient (Wildman–Crippen LogP) is 3.66. The number of alkyl halides is 4. The molecule has 0 fully saturated rings. The monoisotopic (exact) mass is 331 g/mol. The number of phenolic OH excluding ortho intramolecular Hbond substituents is 1.